The Morgan fingerprint density at radius 1 is 1.10 bits per heavy atom. The van der Waals surface area contributed by atoms with E-state index in [4.69, 9.17) is 4.74 Å². The van der Waals surface area contributed by atoms with Gasteiger partial charge in [-0.15, -0.1) is 0 Å². The summed E-state index contributed by atoms with van der Waals surface area (Å²) in [6.45, 7) is 0. The van der Waals surface area contributed by atoms with Crippen molar-refractivity contribution >= 4 is 21.7 Å². The van der Waals surface area contributed by atoms with Crippen LogP contribution in [-0.4, -0.2) is 22.8 Å². The van der Waals surface area contributed by atoms with Crippen LogP contribution in [0.4, 0.5) is 0 Å². The minimum Gasteiger partial charge on any atom is -0.497 e. The number of carbonyl (C=O) groups excluding carboxylic acids is 1. The van der Waals surface area contributed by atoms with Crippen molar-refractivity contribution in [3.63, 3.8) is 0 Å². The highest BCUT2D eigenvalue weighted by Crippen LogP contribution is 2.26. The first kappa shape index (κ1) is 14.8. The summed E-state index contributed by atoms with van der Waals surface area (Å²) >= 11 is 3.29. The van der Waals surface area contributed by atoms with Crippen LogP contribution in [-0.2, 0) is 0 Å². The van der Waals surface area contributed by atoms with Gasteiger partial charge in [0.2, 0.25) is 0 Å². The van der Waals surface area contributed by atoms with E-state index in [0.717, 1.165) is 0 Å². The molecule has 0 saturated carbocycles. The molecule has 104 valence electrons. The number of benzene rings is 2. The lowest BCUT2D eigenvalue weighted by molar-refractivity contribution is 0.0902. The van der Waals surface area contributed by atoms with E-state index in [-0.39, 0.29) is 5.78 Å². The van der Waals surface area contributed by atoms with Gasteiger partial charge < -0.3 is 9.84 Å². The predicted molar refractivity (Wildman–Crippen MR) is 81.4 cm³/mol. The molecule has 0 unspecified atom stereocenters. The van der Waals surface area contributed by atoms with Crippen LogP contribution in [0.5, 0.6) is 5.75 Å². The fourth-order valence-corrected chi connectivity index (χ4v) is 2.45. The zero-order chi connectivity index (χ0) is 14.5. The Kier molecular flexibility index (Phi) is 4.93. The van der Waals surface area contributed by atoms with Crippen molar-refractivity contribution < 1.29 is 14.6 Å². The minimum atomic E-state index is -0.884. The van der Waals surface area contributed by atoms with Crippen molar-refractivity contribution in [3.05, 3.63) is 65.7 Å². The van der Waals surface area contributed by atoms with Crippen LogP contribution < -0.4 is 4.74 Å². The Labute approximate surface area is 126 Å². The average Bonchev–Trinajstić information content (AvgIpc) is 2.53. The maximum Gasteiger partial charge on any atom is 0.179 e. The van der Waals surface area contributed by atoms with E-state index in [2.05, 4.69) is 15.9 Å². The molecule has 0 radical (unpaired) electrons. The molecule has 2 atom stereocenters. The Morgan fingerprint density at radius 2 is 1.70 bits per heavy atom. The normalized spacial score (nSPS) is 13.6. The molecule has 0 saturated heterocycles. The summed E-state index contributed by atoms with van der Waals surface area (Å²) < 4.78 is 5.05. The summed E-state index contributed by atoms with van der Waals surface area (Å²) in [4.78, 5) is 11.6. The predicted octanol–water partition coefficient (Wildman–Crippen LogP) is 3.38. The molecule has 4 heteroatoms. The number of halogens is 1. The van der Waals surface area contributed by atoms with E-state index < -0.39 is 10.9 Å². The third-order valence-electron chi connectivity index (χ3n) is 3.04. The number of ketones is 1. The van der Waals surface area contributed by atoms with Gasteiger partial charge >= 0.3 is 0 Å². The summed E-state index contributed by atoms with van der Waals surface area (Å²) in [5.74, 6) is 0.528. The zero-order valence-corrected chi connectivity index (χ0v) is 12.6. The van der Waals surface area contributed by atoms with Gasteiger partial charge in [-0.2, -0.15) is 0 Å². The molecule has 0 aromatic heterocycles. The molecule has 2 aromatic rings. The molecule has 0 spiro atoms. The number of methoxy groups -OCH3 is 1. The van der Waals surface area contributed by atoms with Crippen molar-refractivity contribution in [3.8, 4) is 5.75 Å². The number of hydrogen-bond acceptors (Lipinski definition) is 3. The second-order valence-electron chi connectivity index (χ2n) is 4.35. The standard InChI is InChI=1S/C16H15BrO3/c1-20-13-9-7-12(8-10-13)16(19)14(17)15(18)11-5-3-2-4-6-11/h2-10,14-15,18H,1H3/t14-,15+/m1/s1. The average molecular weight is 335 g/mol. The second kappa shape index (κ2) is 6.68. The Bertz CT molecular complexity index is 566. The highest BCUT2D eigenvalue weighted by molar-refractivity contribution is 9.10. The lowest BCUT2D eigenvalue weighted by Crippen LogP contribution is -2.22. The molecule has 1 N–H and O–H groups in total. The van der Waals surface area contributed by atoms with Crippen molar-refractivity contribution in [2.45, 2.75) is 10.9 Å². The van der Waals surface area contributed by atoms with Crippen LogP contribution in [0.2, 0.25) is 0 Å². The van der Waals surface area contributed by atoms with Crippen LogP contribution in [0, 0.1) is 0 Å². The van der Waals surface area contributed by atoms with Gasteiger partial charge in [-0.1, -0.05) is 46.3 Å². The SMILES string of the molecule is COc1ccc(C(=O)[C@H](Br)[C@@H](O)c2ccccc2)cc1. The van der Waals surface area contributed by atoms with Crippen molar-refractivity contribution in [2.24, 2.45) is 0 Å². The molecular formula is C16H15BrO3. The molecule has 0 aliphatic rings. The van der Waals surface area contributed by atoms with Crippen LogP contribution >= 0.6 is 15.9 Å². The Hall–Kier alpha value is -1.65. The summed E-state index contributed by atoms with van der Waals surface area (Å²) in [5.41, 5.74) is 1.24. The summed E-state index contributed by atoms with van der Waals surface area (Å²) in [7, 11) is 1.57. The molecule has 0 aliphatic carbocycles. The number of ether oxygens (including phenoxy) is 1. The number of aliphatic hydroxyl groups is 1. The summed E-state index contributed by atoms with van der Waals surface area (Å²) in [5, 5.41) is 10.2. The van der Waals surface area contributed by atoms with Crippen molar-refractivity contribution in [1.29, 1.82) is 0 Å². The first-order valence-corrected chi connectivity index (χ1v) is 7.10. The van der Waals surface area contributed by atoms with Gasteiger partial charge in [0.15, 0.2) is 5.78 Å². The first-order chi connectivity index (χ1) is 9.63. The number of rotatable bonds is 5. The van der Waals surface area contributed by atoms with Gasteiger partial charge in [-0.25, -0.2) is 0 Å². The molecule has 3 nitrogen and oxygen atoms in total. The van der Waals surface area contributed by atoms with E-state index >= 15 is 0 Å². The molecule has 0 fully saturated rings. The highest BCUT2D eigenvalue weighted by atomic mass is 79.9. The molecular weight excluding hydrogens is 320 g/mol. The lowest BCUT2D eigenvalue weighted by Gasteiger charge is -2.16. The largest absolute Gasteiger partial charge is 0.497 e. The van der Waals surface area contributed by atoms with Crippen molar-refractivity contribution in [1.82, 2.24) is 0 Å². The molecule has 2 rings (SSSR count). The number of aliphatic hydroxyl groups excluding tert-OH is 1. The third-order valence-corrected chi connectivity index (χ3v) is 3.96. The van der Waals surface area contributed by atoms with Gasteiger partial charge in [-0.3, -0.25) is 4.79 Å². The molecule has 0 amide bonds. The quantitative estimate of drug-likeness (QED) is 0.673. The van der Waals surface area contributed by atoms with Crippen molar-refractivity contribution in [2.75, 3.05) is 7.11 Å². The number of carbonyl (C=O) groups is 1. The second-order valence-corrected chi connectivity index (χ2v) is 5.34. The molecule has 0 aliphatic heterocycles. The topological polar surface area (TPSA) is 46.5 Å². The fraction of sp³-hybridized carbons (Fsp3) is 0.188. The smallest absolute Gasteiger partial charge is 0.179 e. The lowest BCUT2D eigenvalue weighted by atomic mass is 10.00. The van der Waals surface area contributed by atoms with E-state index in [1.54, 1.807) is 43.5 Å². The van der Waals surface area contributed by atoms with Gasteiger partial charge in [0, 0.05) is 5.56 Å². The van der Waals surface area contributed by atoms with E-state index in [0.29, 0.717) is 16.9 Å². The van der Waals surface area contributed by atoms with Crippen LogP contribution in [0.3, 0.4) is 0 Å². The zero-order valence-electron chi connectivity index (χ0n) is 11.0. The Balaban J connectivity index is 2.15. The Morgan fingerprint density at radius 3 is 2.25 bits per heavy atom. The van der Waals surface area contributed by atoms with Crippen LogP contribution in [0.1, 0.15) is 22.0 Å². The first-order valence-electron chi connectivity index (χ1n) is 6.19. The summed E-state index contributed by atoms with van der Waals surface area (Å²) in [6.07, 6.45) is -0.884. The van der Waals surface area contributed by atoms with E-state index in [1.807, 2.05) is 18.2 Å². The fourth-order valence-electron chi connectivity index (χ4n) is 1.88. The third kappa shape index (κ3) is 3.26. The molecule has 0 bridgehead atoms. The molecule has 2 aromatic carbocycles. The van der Waals surface area contributed by atoms with E-state index in [9.17, 15) is 9.90 Å². The highest BCUT2D eigenvalue weighted by Gasteiger charge is 2.26. The van der Waals surface area contributed by atoms with E-state index in [1.165, 1.54) is 0 Å². The van der Waals surface area contributed by atoms with Gasteiger partial charge in [0.1, 0.15) is 10.6 Å². The van der Waals surface area contributed by atoms with Gasteiger partial charge in [0.05, 0.1) is 13.2 Å². The van der Waals surface area contributed by atoms with Gasteiger partial charge in [-0.05, 0) is 29.8 Å². The maximum atomic E-state index is 12.3. The molecule has 0 heterocycles. The maximum absolute atomic E-state index is 12.3. The monoisotopic (exact) mass is 334 g/mol. The minimum absolute atomic E-state index is 0.163. The van der Waals surface area contributed by atoms with Crippen LogP contribution in [0.25, 0.3) is 0 Å². The van der Waals surface area contributed by atoms with Gasteiger partial charge in [0.25, 0.3) is 0 Å². The number of Topliss-reactive ketones (excluding diaryl/α,β-unsaturated/α-hetero) is 1. The summed E-state index contributed by atoms with van der Waals surface area (Å²) in [6, 6.07) is 15.9. The molecule has 20 heavy (non-hydrogen) atoms. The number of alkyl halides is 1. The number of hydrogen-bond donors (Lipinski definition) is 1. The van der Waals surface area contributed by atoms with Crippen LogP contribution in [0.15, 0.2) is 54.6 Å².